The van der Waals surface area contributed by atoms with Crippen molar-refractivity contribution >= 4 is 29.1 Å². The molecule has 0 spiro atoms. The lowest BCUT2D eigenvalue weighted by atomic mass is 9.95. The lowest BCUT2D eigenvalue weighted by Gasteiger charge is -2.25. The first-order valence-corrected chi connectivity index (χ1v) is 15.5. The van der Waals surface area contributed by atoms with E-state index in [-0.39, 0.29) is 11.3 Å². The minimum atomic E-state index is -0.654. The Kier molecular flexibility index (Phi) is 13.6. The van der Waals surface area contributed by atoms with E-state index in [0.29, 0.717) is 22.9 Å². The van der Waals surface area contributed by atoms with Gasteiger partial charge in [-0.05, 0) is 48.4 Å². The summed E-state index contributed by atoms with van der Waals surface area (Å²) in [7, 11) is 1.57. The van der Waals surface area contributed by atoms with Gasteiger partial charge in [-0.2, -0.15) is 0 Å². The van der Waals surface area contributed by atoms with Gasteiger partial charge >= 0.3 is 0 Å². The van der Waals surface area contributed by atoms with Crippen LogP contribution in [0.5, 0.6) is 5.75 Å². The van der Waals surface area contributed by atoms with Crippen LogP contribution in [0.2, 0.25) is 5.02 Å². The molecule has 40 heavy (non-hydrogen) atoms. The topological polar surface area (TPSA) is 66.8 Å². The third-order valence-corrected chi connectivity index (χ3v) is 8.09. The number of halogens is 1. The zero-order valence-electron chi connectivity index (χ0n) is 24.3. The van der Waals surface area contributed by atoms with E-state index in [2.05, 4.69) is 6.92 Å². The Balaban J connectivity index is 1.54. The van der Waals surface area contributed by atoms with Gasteiger partial charge in [-0.15, -0.1) is 0 Å². The number of rotatable bonds is 18. The number of aliphatic hydroxyl groups is 1. The zero-order chi connectivity index (χ0) is 28.7. The van der Waals surface area contributed by atoms with Gasteiger partial charge in [0.2, 0.25) is 0 Å². The quantitative estimate of drug-likeness (QED) is 0.0843. The number of ether oxygens (including phenoxy) is 1. The maximum absolute atomic E-state index is 13.2. The number of likely N-dealkylation sites (tertiary alicyclic amines) is 1. The molecule has 3 rings (SSSR count). The normalized spacial score (nSPS) is 16.6. The van der Waals surface area contributed by atoms with Crippen molar-refractivity contribution < 1.29 is 19.4 Å². The Morgan fingerprint density at radius 1 is 0.775 bits per heavy atom. The molecule has 0 unspecified atom stereocenters. The Hall–Kier alpha value is -2.79. The van der Waals surface area contributed by atoms with Gasteiger partial charge in [-0.25, -0.2) is 0 Å². The Morgan fingerprint density at radius 3 is 1.77 bits per heavy atom. The minimum Gasteiger partial charge on any atom is -0.507 e. The molecular formula is C34H46ClNO4. The number of unbranched alkanes of at least 4 members (excludes halogenated alkanes) is 13. The second kappa shape index (κ2) is 17.1. The second-order valence-electron chi connectivity index (χ2n) is 10.9. The average molecular weight is 568 g/mol. The Labute approximate surface area is 245 Å². The molecule has 1 aliphatic heterocycles. The summed E-state index contributed by atoms with van der Waals surface area (Å²) in [5.74, 6) is -0.753. The fourth-order valence-electron chi connectivity index (χ4n) is 5.48. The molecule has 2 aromatic rings. The number of methoxy groups -OCH3 is 1. The van der Waals surface area contributed by atoms with Gasteiger partial charge in [0, 0.05) is 17.1 Å². The van der Waals surface area contributed by atoms with E-state index in [9.17, 15) is 14.7 Å². The zero-order valence-corrected chi connectivity index (χ0v) is 25.1. The van der Waals surface area contributed by atoms with E-state index in [4.69, 9.17) is 16.3 Å². The number of benzene rings is 2. The van der Waals surface area contributed by atoms with E-state index in [1.165, 1.54) is 70.6 Å². The Bertz CT molecular complexity index is 1090. The number of carbonyl (C=O) groups excluding carboxylic acids is 2. The van der Waals surface area contributed by atoms with Crippen molar-refractivity contribution in [3.63, 3.8) is 0 Å². The van der Waals surface area contributed by atoms with Crippen molar-refractivity contribution in [2.45, 2.75) is 103 Å². The molecule has 2 aromatic carbocycles. The van der Waals surface area contributed by atoms with Gasteiger partial charge in [0.05, 0.1) is 18.7 Å². The molecule has 5 nitrogen and oxygen atoms in total. The summed E-state index contributed by atoms with van der Waals surface area (Å²) < 4.78 is 5.21. The van der Waals surface area contributed by atoms with Crippen molar-refractivity contribution in [2.24, 2.45) is 0 Å². The summed E-state index contributed by atoms with van der Waals surface area (Å²) in [6, 6.07) is 13.3. The fourth-order valence-corrected chi connectivity index (χ4v) is 5.61. The van der Waals surface area contributed by atoms with E-state index in [0.717, 1.165) is 24.8 Å². The van der Waals surface area contributed by atoms with E-state index in [1.807, 2.05) is 12.1 Å². The van der Waals surface area contributed by atoms with Gasteiger partial charge < -0.3 is 14.7 Å². The SMILES string of the molecule is CCCCCCCCCCCCCCCCN1C(=O)C(=O)C(=C(O)c2ccc(OC)cc2)[C@H]1c1ccc(Cl)cc1. The molecule has 1 atom stereocenters. The molecule has 0 bridgehead atoms. The Morgan fingerprint density at radius 2 is 1.27 bits per heavy atom. The lowest BCUT2D eigenvalue weighted by molar-refractivity contribution is -0.139. The molecular weight excluding hydrogens is 522 g/mol. The van der Waals surface area contributed by atoms with Crippen molar-refractivity contribution in [1.82, 2.24) is 4.90 Å². The maximum atomic E-state index is 13.2. The van der Waals surface area contributed by atoms with Crippen LogP contribution < -0.4 is 4.74 Å². The predicted octanol–water partition coefficient (Wildman–Crippen LogP) is 9.25. The molecule has 1 N–H and O–H groups in total. The first-order valence-electron chi connectivity index (χ1n) is 15.2. The van der Waals surface area contributed by atoms with E-state index in [1.54, 1.807) is 48.4 Å². The molecule has 218 valence electrons. The van der Waals surface area contributed by atoms with Crippen LogP contribution in [0.15, 0.2) is 54.1 Å². The number of nitrogens with zero attached hydrogens (tertiary/aromatic N) is 1. The molecule has 1 aliphatic rings. The lowest BCUT2D eigenvalue weighted by Crippen LogP contribution is -2.30. The molecule has 0 radical (unpaired) electrons. The van der Waals surface area contributed by atoms with E-state index < -0.39 is 17.7 Å². The highest BCUT2D eigenvalue weighted by atomic mass is 35.5. The van der Waals surface area contributed by atoms with Crippen LogP contribution in [0.4, 0.5) is 0 Å². The monoisotopic (exact) mass is 567 g/mol. The molecule has 1 amide bonds. The van der Waals surface area contributed by atoms with Gasteiger partial charge in [0.25, 0.3) is 11.7 Å². The summed E-state index contributed by atoms with van der Waals surface area (Å²) >= 11 is 6.12. The summed E-state index contributed by atoms with van der Waals surface area (Å²) in [5, 5.41) is 11.8. The predicted molar refractivity (Wildman–Crippen MR) is 164 cm³/mol. The summed E-state index contributed by atoms with van der Waals surface area (Å²) in [4.78, 5) is 28.0. The molecule has 1 heterocycles. The highest BCUT2D eigenvalue weighted by molar-refractivity contribution is 6.46. The third-order valence-electron chi connectivity index (χ3n) is 7.84. The number of Topliss-reactive ketones (excluding diaryl/α,β-unsaturated/α-hetero) is 1. The number of amides is 1. The molecule has 0 aliphatic carbocycles. The second-order valence-corrected chi connectivity index (χ2v) is 11.3. The molecule has 1 fully saturated rings. The smallest absolute Gasteiger partial charge is 0.295 e. The van der Waals surface area contributed by atoms with Crippen LogP contribution in [0, 0.1) is 0 Å². The summed E-state index contributed by atoms with van der Waals surface area (Å²) in [6.45, 7) is 2.73. The van der Waals surface area contributed by atoms with Crippen molar-refractivity contribution in [2.75, 3.05) is 13.7 Å². The number of aliphatic hydroxyl groups excluding tert-OH is 1. The summed E-state index contributed by atoms with van der Waals surface area (Å²) in [6.07, 6.45) is 17.6. The van der Waals surface area contributed by atoms with Crippen LogP contribution in [0.3, 0.4) is 0 Å². The fraction of sp³-hybridized carbons (Fsp3) is 0.529. The number of ketones is 1. The summed E-state index contributed by atoms with van der Waals surface area (Å²) in [5.41, 5.74) is 1.33. The highest BCUT2D eigenvalue weighted by Gasteiger charge is 2.45. The first-order chi connectivity index (χ1) is 19.5. The first kappa shape index (κ1) is 31.7. The van der Waals surface area contributed by atoms with Crippen LogP contribution in [-0.2, 0) is 9.59 Å². The van der Waals surface area contributed by atoms with Crippen LogP contribution in [-0.4, -0.2) is 35.4 Å². The molecule has 6 heteroatoms. The van der Waals surface area contributed by atoms with E-state index >= 15 is 0 Å². The van der Waals surface area contributed by atoms with Gasteiger partial charge in [0.15, 0.2) is 0 Å². The van der Waals surface area contributed by atoms with Gasteiger partial charge in [0.1, 0.15) is 11.5 Å². The molecule has 0 saturated carbocycles. The van der Waals surface area contributed by atoms with Crippen LogP contribution >= 0.6 is 11.6 Å². The minimum absolute atomic E-state index is 0.114. The standard InChI is InChI=1S/C34H46ClNO4/c1-3-4-5-6-7-8-9-10-11-12-13-14-15-16-25-36-31(26-17-21-28(35)22-18-26)30(33(38)34(36)39)32(37)27-19-23-29(40-2)24-20-27/h17-24,31,37H,3-16,25H2,1-2H3/t31-/m1/s1. The number of hydrogen-bond acceptors (Lipinski definition) is 4. The number of hydrogen-bond donors (Lipinski definition) is 1. The highest BCUT2D eigenvalue weighted by Crippen LogP contribution is 2.40. The van der Waals surface area contributed by atoms with Crippen LogP contribution in [0.1, 0.15) is 114 Å². The largest absolute Gasteiger partial charge is 0.507 e. The van der Waals surface area contributed by atoms with Crippen molar-refractivity contribution in [3.05, 3.63) is 70.3 Å². The molecule has 1 saturated heterocycles. The maximum Gasteiger partial charge on any atom is 0.295 e. The third kappa shape index (κ3) is 9.12. The molecule has 0 aromatic heterocycles. The number of carbonyl (C=O) groups is 2. The average Bonchev–Trinajstić information content (AvgIpc) is 3.22. The van der Waals surface area contributed by atoms with Gasteiger partial charge in [-0.3, -0.25) is 9.59 Å². The van der Waals surface area contributed by atoms with Gasteiger partial charge in [-0.1, -0.05) is 114 Å². The van der Waals surface area contributed by atoms with Crippen molar-refractivity contribution in [3.8, 4) is 5.75 Å². The van der Waals surface area contributed by atoms with Crippen LogP contribution in [0.25, 0.3) is 5.76 Å². The van der Waals surface area contributed by atoms with Crippen molar-refractivity contribution in [1.29, 1.82) is 0 Å².